The van der Waals surface area contributed by atoms with Crippen molar-refractivity contribution in [3.63, 3.8) is 0 Å². The topological polar surface area (TPSA) is 128 Å². The minimum Gasteiger partial charge on any atom is -0.394 e. The quantitative estimate of drug-likeness (QED) is 0.413. The third-order valence-corrected chi connectivity index (χ3v) is 3.57. The molecule has 1 amide bonds. The Balaban J connectivity index is 1.80. The van der Waals surface area contributed by atoms with E-state index in [1.165, 1.54) is 0 Å². The highest BCUT2D eigenvalue weighted by Crippen LogP contribution is 2.19. The minimum atomic E-state index is -1.54. The number of benzene rings is 1. The Kier molecular flexibility index (Phi) is 6.46. The van der Waals surface area contributed by atoms with Gasteiger partial charge in [-0.3, -0.25) is 4.79 Å². The van der Waals surface area contributed by atoms with Crippen molar-refractivity contribution < 1.29 is 34.7 Å². The molecule has 0 bridgehead atoms. The Labute approximate surface area is 133 Å². The fraction of sp³-hybridized carbons (Fsp3) is 0.533. The van der Waals surface area contributed by atoms with Gasteiger partial charge in [-0.05, 0) is 5.56 Å². The van der Waals surface area contributed by atoms with Gasteiger partial charge in [-0.15, -0.1) is 0 Å². The number of aliphatic hydroxyl groups is 4. The highest BCUT2D eigenvalue weighted by atomic mass is 16.6. The van der Waals surface area contributed by atoms with Gasteiger partial charge in [0.25, 0.3) is 0 Å². The normalized spacial score (nSPS) is 30.9. The lowest BCUT2D eigenvalue weighted by Gasteiger charge is -2.40. The molecular formula is C15H21NO7. The molecule has 1 aliphatic rings. The first-order valence-electron chi connectivity index (χ1n) is 7.24. The van der Waals surface area contributed by atoms with Crippen molar-refractivity contribution in [2.45, 2.75) is 37.3 Å². The van der Waals surface area contributed by atoms with E-state index in [1.54, 1.807) is 0 Å². The Morgan fingerprint density at radius 2 is 1.87 bits per heavy atom. The Morgan fingerprint density at radius 3 is 2.52 bits per heavy atom. The molecule has 0 aromatic heterocycles. The zero-order valence-electron chi connectivity index (χ0n) is 12.4. The number of carbonyl (C=O) groups excluding carboxylic acids is 1. The maximum Gasteiger partial charge on any atom is 0.246 e. The predicted molar refractivity (Wildman–Crippen MR) is 78.0 cm³/mol. The van der Waals surface area contributed by atoms with Gasteiger partial charge in [0, 0.05) is 0 Å². The number of nitrogens with one attached hydrogen (secondary N) is 1. The second-order valence-corrected chi connectivity index (χ2v) is 5.30. The van der Waals surface area contributed by atoms with Crippen molar-refractivity contribution >= 4 is 5.91 Å². The monoisotopic (exact) mass is 327 g/mol. The van der Waals surface area contributed by atoms with E-state index in [4.69, 9.17) is 14.6 Å². The van der Waals surface area contributed by atoms with E-state index < -0.39 is 43.2 Å². The molecule has 3 unspecified atom stereocenters. The molecule has 8 nitrogen and oxygen atoms in total. The molecule has 0 aliphatic carbocycles. The molecule has 0 saturated carbocycles. The highest BCUT2D eigenvalue weighted by Gasteiger charge is 2.44. The fourth-order valence-corrected chi connectivity index (χ4v) is 2.32. The van der Waals surface area contributed by atoms with Gasteiger partial charge in [0.2, 0.25) is 5.91 Å². The maximum absolute atomic E-state index is 11.8. The van der Waals surface area contributed by atoms with Crippen molar-refractivity contribution in [1.29, 1.82) is 0 Å². The molecule has 1 aromatic carbocycles. The number of rotatable bonds is 6. The first-order chi connectivity index (χ1) is 11.0. The van der Waals surface area contributed by atoms with Crippen LogP contribution in [0, 0.1) is 0 Å². The minimum absolute atomic E-state index is 0.246. The summed E-state index contributed by atoms with van der Waals surface area (Å²) in [5.41, 5.74) is 0.905. The summed E-state index contributed by atoms with van der Waals surface area (Å²) in [6.07, 6.45) is -5.53. The van der Waals surface area contributed by atoms with E-state index in [-0.39, 0.29) is 13.2 Å². The van der Waals surface area contributed by atoms with Crippen LogP contribution in [0.25, 0.3) is 0 Å². The number of ether oxygens (including phenoxy) is 2. The third-order valence-electron chi connectivity index (χ3n) is 3.57. The van der Waals surface area contributed by atoms with Crippen LogP contribution in [0.5, 0.6) is 0 Å². The molecule has 1 aliphatic heterocycles. The first kappa shape index (κ1) is 17.8. The van der Waals surface area contributed by atoms with Gasteiger partial charge >= 0.3 is 0 Å². The first-order valence-corrected chi connectivity index (χ1v) is 7.24. The van der Waals surface area contributed by atoms with E-state index in [2.05, 4.69) is 5.32 Å². The van der Waals surface area contributed by atoms with Crippen LogP contribution < -0.4 is 5.32 Å². The molecule has 5 atom stereocenters. The summed E-state index contributed by atoms with van der Waals surface area (Å²) in [6, 6.07) is 8.07. The van der Waals surface area contributed by atoms with Gasteiger partial charge in [0.1, 0.15) is 31.0 Å². The molecule has 1 heterocycles. The lowest BCUT2D eigenvalue weighted by Crippen LogP contribution is -2.64. The Hall–Kier alpha value is -1.55. The SMILES string of the molecule is O=C(COCc1ccccc1)NC1C(O)OC(CO)[C@H](O)[C@@H]1O. The van der Waals surface area contributed by atoms with Crippen LogP contribution >= 0.6 is 0 Å². The van der Waals surface area contributed by atoms with Gasteiger partial charge in [-0.1, -0.05) is 30.3 Å². The molecular weight excluding hydrogens is 306 g/mol. The molecule has 8 heteroatoms. The van der Waals surface area contributed by atoms with Crippen LogP contribution in [0.4, 0.5) is 0 Å². The van der Waals surface area contributed by atoms with Crippen LogP contribution in [-0.4, -0.2) is 70.2 Å². The average molecular weight is 327 g/mol. The molecule has 1 saturated heterocycles. The summed E-state index contributed by atoms with van der Waals surface area (Å²) >= 11 is 0. The second-order valence-electron chi connectivity index (χ2n) is 5.30. The van der Waals surface area contributed by atoms with E-state index in [9.17, 15) is 20.1 Å². The van der Waals surface area contributed by atoms with Crippen molar-refractivity contribution in [3.05, 3.63) is 35.9 Å². The summed E-state index contributed by atoms with van der Waals surface area (Å²) in [5, 5.41) is 40.7. The van der Waals surface area contributed by atoms with Gasteiger partial charge in [0.05, 0.1) is 13.2 Å². The number of hydrogen-bond acceptors (Lipinski definition) is 7. The summed E-state index contributed by atoms with van der Waals surface area (Å²) < 4.78 is 10.2. The summed E-state index contributed by atoms with van der Waals surface area (Å²) in [4.78, 5) is 11.8. The molecule has 23 heavy (non-hydrogen) atoms. The van der Waals surface area contributed by atoms with Crippen LogP contribution in [0.2, 0.25) is 0 Å². The highest BCUT2D eigenvalue weighted by molar-refractivity contribution is 5.77. The zero-order chi connectivity index (χ0) is 16.8. The summed E-state index contributed by atoms with van der Waals surface area (Å²) in [5.74, 6) is -0.567. The standard InChI is InChI=1S/C15H21NO7/c17-6-10-13(19)14(20)12(15(21)23-10)16-11(18)8-22-7-9-4-2-1-3-5-9/h1-5,10,12-15,17,19-21H,6-8H2,(H,16,18)/t10?,12?,13-,14+,15?/m0/s1. The van der Waals surface area contributed by atoms with Crippen LogP contribution in [0.3, 0.4) is 0 Å². The largest absolute Gasteiger partial charge is 0.394 e. The smallest absolute Gasteiger partial charge is 0.246 e. The van der Waals surface area contributed by atoms with E-state index in [1.807, 2.05) is 30.3 Å². The average Bonchev–Trinajstić information content (AvgIpc) is 2.56. The van der Waals surface area contributed by atoms with Crippen LogP contribution in [0.15, 0.2) is 30.3 Å². The van der Waals surface area contributed by atoms with Crippen LogP contribution in [-0.2, 0) is 20.9 Å². The second kappa shape index (κ2) is 8.34. The van der Waals surface area contributed by atoms with Gasteiger partial charge in [-0.25, -0.2) is 0 Å². The lowest BCUT2D eigenvalue weighted by molar-refractivity contribution is -0.254. The van der Waals surface area contributed by atoms with Gasteiger partial charge in [-0.2, -0.15) is 0 Å². The molecule has 5 N–H and O–H groups in total. The zero-order valence-corrected chi connectivity index (χ0v) is 12.4. The summed E-state index contributed by atoms with van der Waals surface area (Å²) in [7, 11) is 0. The van der Waals surface area contributed by atoms with E-state index >= 15 is 0 Å². The van der Waals surface area contributed by atoms with E-state index in [0.29, 0.717) is 0 Å². The Morgan fingerprint density at radius 1 is 1.17 bits per heavy atom. The molecule has 1 aromatic rings. The third kappa shape index (κ3) is 4.71. The molecule has 128 valence electrons. The van der Waals surface area contributed by atoms with Gasteiger partial charge in [0.15, 0.2) is 6.29 Å². The lowest BCUT2D eigenvalue weighted by atomic mass is 9.97. The molecule has 1 fully saturated rings. The van der Waals surface area contributed by atoms with Crippen LogP contribution in [0.1, 0.15) is 5.56 Å². The Bertz CT molecular complexity index is 498. The maximum atomic E-state index is 11.8. The number of amides is 1. The fourth-order valence-electron chi connectivity index (χ4n) is 2.32. The molecule has 0 radical (unpaired) electrons. The molecule has 0 spiro atoms. The number of hydrogen-bond donors (Lipinski definition) is 5. The number of aliphatic hydroxyl groups excluding tert-OH is 4. The molecule has 2 rings (SSSR count). The summed E-state index contributed by atoms with van der Waals surface area (Å²) in [6.45, 7) is -0.587. The van der Waals surface area contributed by atoms with Crippen molar-refractivity contribution in [1.82, 2.24) is 5.32 Å². The van der Waals surface area contributed by atoms with Crippen molar-refractivity contribution in [2.24, 2.45) is 0 Å². The van der Waals surface area contributed by atoms with E-state index in [0.717, 1.165) is 5.56 Å². The predicted octanol–water partition coefficient (Wildman–Crippen LogP) is -1.88. The number of carbonyl (C=O) groups is 1. The van der Waals surface area contributed by atoms with Crippen molar-refractivity contribution in [3.8, 4) is 0 Å². The van der Waals surface area contributed by atoms with Crippen molar-refractivity contribution in [2.75, 3.05) is 13.2 Å². The van der Waals surface area contributed by atoms with Gasteiger partial charge < -0.3 is 35.2 Å².